The topological polar surface area (TPSA) is 17.0 Å². The van der Waals surface area contributed by atoms with Gasteiger partial charge in [-0.15, -0.1) is 0 Å². The summed E-state index contributed by atoms with van der Waals surface area (Å²) in [5, 5.41) is 3.46. The summed E-state index contributed by atoms with van der Waals surface area (Å²) in [7, 11) is 0. The van der Waals surface area contributed by atoms with Crippen molar-refractivity contribution in [2.75, 3.05) is 6.54 Å². The summed E-state index contributed by atoms with van der Waals surface area (Å²) in [6, 6.07) is 0.257. The number of rotatable bonds is 4. The molecule has 1 N–H and O–H groups in total. The van der Waals surface area contributed by atoms with Crippen molar-refractivity contribution < 1.29 is 8.78 Å². The zero-order valence-electron chi connectivity index (χ0n) is 10.3. The lowest BCUT2D eigenvalue weighted by Crippen LogP contribution is -2.21. The first-order valence-electron chi connectivity index (χ1n) is 6.44. The van der Waals surface area contributed by atoms with Crippen molar-refractivity contribution in [3.05, 3.63) is 23.5 Å². The number of alkyl halides is 2. The maximum Gasteiger partial charge on any atom is 0.318 e. The molecule has 0 fully saturated rings. The van der Waals surface area contributed by atoms with E-state index in [-0.39, 0.29) is 6.04 Å². The third-order valence-corrected chi connectivity index (χ3v) is 3.39. The molecular weight excluding hydrogens is 222 g/mol. The number of nitrogens with one attached hydrogen (secondary N) is 1. The van der Waals surface area contributed by atoms with Crippen molar-refractivity contribution >= 4 is 0 Å². The standard InChI is InChI=1S/C13H20F2N2/c1-2-7-16-12-6-4-3-5-10-8-17(13(14)15)9-11(10)12/h8-9,12-13,16H,2-7H2,1H3. The number of hydrogen-bond acceptors (Lipinski definition) is 1. The highest BCUT2D eigenvalue weighted by molar-refractivity contribution is 5.29. The Morgan fingerprint density at radius 1 is 1.41 bits per heavy atom. The van der Waals surface area contributed by atoms with Gasteiger partial charge >= 0.3 is 6.55 Å². The lowest BCUT2D eigenvalue weighted by molar-refractivity contribution is 0.0703. The van der Waals surface area contributed by atoms with Crippen LogP contribution in [0.2, 0.25) is 0 Å². The van der Waals surface area contributed by atoms with E-state index in [1.54, 1.807) is 12.4 Å². The molecule has 1 heterocycles. The number of halogens is 2. The minimum absolute atomic E-state index is 0.257. The van der Waals surface area contributed by atoms with Crippen molar-refractivity contribution in [1.82, 2.24) is 9.88 Å². The van der Waals surface area contributed by atoms with Crippen LogP contribution in [0.5, 0.6) is 0 Å². The Kier molecular flexibility index (Phi) is 4.15. The Labute approximate surface area is 101 Å². The van der Waals surface area contributed by atoms with E-state index in [4.69, 9.17) is 0 Å². The fraction of sp³-hybridized carbons (Fsp3) is 0.692. The third-order valence-electron chi connectivity index (χ3n) is 3.39. The van der Waals surface area contributed by atoms with Crippen LogP contribution in [0.25, 0.3) is 0 Å². The average molecular weight is 242 g/mol. The Hall–Kier alpha value is -0.900. The number of hydrogen-bond donors (Lipinski definition) is 1. The van der Waals surface area contributed by atoms with Crippen LogP contribution in [0.1, 0.15) is 56.3 Å². The molecule has 96 valence electrons. The zero-order valence-corrected chi connectivity index (χ0v) is 10.3. The van der Waals surface area contributed by atoms with Gasteiger partial charge in [-0.3, -0.25) is 4.57 Å². The third kappa shape index (κ3) is 2.86. The van der Waals surface area contributed by atoms with E-state index in [1.165, 1.54) is 6.42 Å². The molecule has 1 atom stereocenters. The second-order valence-corrected chi connectivity index (χ2v) is 4.72. The monoisotopic (exact) mass is 242 g/mol. The molecule has 0 aliphatic heterocycles. The summed E-state index contributed by atoms with van der Waals surface area (Å²) in [5.41, 5.74) is 2.17. The first kappa shape index (κ1) is 12.6. The molecule has 1 aromatic rings. The Morgan fingerprint density at radius 3 is 2.94 bits per heavy atom. The Balaban J connectivity index is 2.20. The quantitative estimate of drug-likeness (QED) is 0.797. The molecule has 0 radical (unpaired) electrons. The molecule has 2 nitrogen and oxygen atoms in total. The van der Waals surface area contributed by atoms with Gasteiger partial charge in [-0.25, -0.2) is 0 Å². The van der Waals surface area contributed by atoms with Crippen molar-refractivity contribution in [1.29, 1.82) is 0 Å². The molecule has 1 unspecified atom stereocenters. The number of aryl methyl sites for hydroxylation is 1. The molecule has 1 aliphatic carbocycles. The summed E-state index contributed by atoms with van der Waals surface area (Å²) >= 11 is 0. The van der Waals surface area contributed by atoms with E-state index in [1.807, 2.05) is 0 Å². The highest BCUT2D eigenvalue weighted by Crippen LogP contribution is 2.31. The second-order valence-electron chi connectivity index (χ2n) is 4.72. The smallest absolute Gasteiger partial charge is 0.310 e. The largest absolute Gasteiger partial charge is 0.318 e. The summed E-state index contributed by atoms with van der Waals surface area (Å²) < 4.78 is 26.4. The number of fused-ring (bicyclic) bond motifs is 1. The Bertz CT molecular complexity index is 360. The van der Waals surface area contributed by atoms with E-state index >= 15 is 0 Å². The lowest BCUT2D eigenvalue weighted by atomic mass is 10.0. The van der Waals surface area contributed by atoms with Crippen LogP contribution in [-0.2, 0) is 6.42 Å². The number of nitrogens with zero attached hydrogens (tertiary/aromatic N) is 1. The molecular formula is C13H20F2N2. The predicted molar refractivity (Wildman–Crippen MR) is 64.3 cm³/mol. The van der Waals surface area contributed by atoms with Crippen molar-refractivity contribution in [2.24, 2.45) is 0 Å². The zero-order chi connectivity index (χ0) is 12.3. The summed E-state index contributed by atoms with van der Waals surface area (Å²) in [6.45, 7) is 0.646. The van der Waals surface area contributed by atoms with Gasteiger partial charge in [0, 0.05) is 18.4 Å². The molecule has 1 aliphatic rings. The van der Waals surface area contributed by atoms with Crippen molar-refractivity contribution in [3.8, 4) is 0 Å². The molecule has 17 heavy (non-hydrogen) atoms. The molecule has 4 heteroatoms. The van der Waals surface area contributed by atoms with Crippen LogP contribution in [0.4, 0.5) is 8.78 Å². The molecule has 0 saturated carbocycles. The van der Waals surface area contributed by atoms with Gasteiger partial charge in [-0.2, -0.15) is 8.78 Å². The van der Waals surface area contributed by atoms with Gasteiger partial charge in [-0.1, -0.05) is 13.3 Å². The fourth-order valence-electron chi connectivity index (χ4n) is 2.52. The van der Waals surface area contributed by atoms with Crippen LogP contribution in [0, 0.1) is 0 Å². The van der Waals surface area contributed by atoms with Gasteiger partial charge < -0.3 is 5.32 Å². The minimum atomic E-state index is -2.42. The molecule has 2 rings (SSSR count). The fourth-order valence-corrected chi connectivity index (χ4v) is 2.52. The van der Waals surface area contributed by atoms with Crippen LogP contribution in [0.15, 0.2) is 12.4 Å². The molecule has 0 spiro atoms. The molecule has 1 aromatic heterocycles. The van der Waals surface area contributed by atoms with E-state index < -0.39 is 6.55 Å². The summed E-state index contributed by atoms with van der Waals surface area (Å²) in [6.07, 6.45) is 8.57. The van der Waals surface area contributed by atoms with Gasteiger partial charge in [-0.05, 0) is 43.4 Å². The van der Waals surface area contributed by atoms with Gasteiger partial charge in [0.15, 0.2) is 0 Å². The van der Waals surface area contributed by atoms with Gasteiger partial charge in [0.25, 0.3) is 0 Å². The average Bonchev–Trinajstić information content (AvgIpc) is 2.64. The SMILES string of the molecule is CCCNC1CCCCc2cn(C(F)F)cc21. The molecule has 0 bridgehead atoms. The van der Waals surface area contributed by atoms with Crippen LogP contribution >= 0.6 is 0 Å². The maximum atomic E-state index is 12.7. The van der Waals surface area contributed by atoms with E-state index in [2.05, 4.69) is 12.2 Å². The van der Waals surface area contributed by atoms with E-state index in [0.717, 1.165) is 47.9 Å². The van der Waals surface area contributed by atoms with Crippen LogP contribution in [0.3, 0.4) is 0 Å². The minimum Gasteiger partial charge on any atom is -0.310 e. The van der Waals surface area contributed by atoms with Crippen LogP contribution in [-0.4, -0.2) is 11.1 Å². The lowest BCUT2D eigenvalue weighted by Gasteiger charge is -2.16. The first-order chi connectivity index (χ1) is 8.22. The first-order valence-corrected chi connectivity index (χ1v) is 6.44. The van der Waals surface area contributed by atoms with Crippen LogP contribution < -0.4 is 5.32 Å². The second kappa shape index (κ2) is 5.63. The summed E-state index contributed by atoms with van der Waals surface area (Å²) in [5.74, 6) is 0. The predicted octanol–water partition coefficient (Wildman–Crippen LogP) is 3.65. The van der Waals surface area contributed by atoms with E-state index in [9.17, 15) is 8.78 Å². The Morgan fingerprint density at radius 2 is 2.24 bits per heavy atom. The highest BCUT2D eigenvalue weighted by Gasteiger charge is 2.21. The summed E-state index contributed by atoms with van der Waals surface area (Å²) in [4.78, 5) is 0. The van der Waals surface area contributed by atoms with Gasteiger partial charge in [0.2, 0.25) is 0 Å². The molecule has 0 aromatic carbocycles. The number of aromatic nitrogens is 1. The molecule has 0 amide bonds. The van der Waals surface area contributed by atoms with Crippen molar-refractivity contribution in [2.45, 2.75) is 51.6 Å². The normalized spacial score (nSPS) is 20.4. The highest BCUT2D eigenvalue weighted by atomic mass is 19.3. The maximum absolute atomic E-state index is 12.7. The molecule has 0 saturated heterocycles. The van der Waals surface area contributed by atoms with Crippen molar-refractivity contribution in [3.63, 3.8) is 0 Å². The van der Waals surface area contributed by atoms with E-state index in [0.29, 0.717) is 0 Å². The van der Waals surface area contributed by atoms with Gasteiger partial charge in [0.05, 0.1) is 0 Å². The van der Waals surface area contributed by atoms with Gasteiger partial charge in [0.1, 0.15) is 0 Å².